The Labute approximate surface area is 133 Å². The molecule has 1 fully saturated rings. The van der Waals surface area contributed by atoms with Gasteiger partial charge in [-0.25, -0.2) is 0 Å². The number of carbonyl (C=O) groups excluding carboxylic acids is 2. The summed E-state index contributed by atoms with van der Waals surface area (Å²) in [6, 6.07) is 10.8. The first kappa shape index (κ1) is 15.2. The van der Waals surface area contributed by atoms with Gasteiger partial charge in [0.25, 0.3) is 0 Å². The summed E-state index contributed by atoms with van der Waals surface area (Å²) in [6.45, 7) is 0.943. The predicted molar refractivity (Wildman–Crippen MR) is 82.0 cm³/mol. The van der Waals surface area contributed by atoms with Crippen molar-refractivity contribution in [1.82, 2.24) is 20.4 Å². The Bertz CT molecular complexity index is 657. The fraction of sp³-hybridized carbons (Fsp3) is 0.312. The molecule has 7 heteroatoms. The molecular formula is C16H18N4O3. The Morgan fingerprint density at radius 2 is 2.17 bits per heavy atom. The molecule has 1 saturated heterocycles. The van der Waals surface area contributed by atoms with E-state index in [1.807, 2.05) is 30.3 Å². The van der Waals surface area contributed by atoms with Crippen LogP contribution in [0.25, 0.3) is 0 Å². The molecule has 2 amide bonds. The summed E-state index contributed by atoms with van der Waals surface area (Å²) in [7, 11) is 0. The Morgan fingerprint density at radius 3 is 2.91 bits per heavy atom. The van der Waals surface area contributed by atoms with Crippen LogP contribution < -0.4 is 5.32 Å². The molecule has 1 aromatic heterocycles. The van der Waals surface area contributed by atoms with Gasteiger partial charge in [-0.3, -0.25) is 14.7 Å². The average molecular weight is 314 g/mol. The Kier molecular flexibility index (Phi) is 4.68. The van der Waals surface area contributed by atoms with Crippen molar-refractivity contribution in [2.24, 2.45) is 0 Å². The molecular weight excluding hydrogens is 296 g/mol. The molecule has 1 aromatic carbocycles. The molecule has 7 nitrogen and oxygen atoms in total. The minimum Gasteiger partial charge on any atom is -0.369 e. The highest BCUT2D eigenvalue weighted by atomic mass is 16.5. The topological polar surface area (TPSA) is 87.3 Å². The number of aromatic amines is 1. The standard InChI is InChI=1S/C16H18N4O3/c21-15-11-23-10-14(16(22)17-8-13-6-7-18-19-13)20(15)9-12-4-2-1-3-5-12/h1-7,14H,8-11H2,(H,17,22)(H,18,19)/t14-/m1/s1. The first-order valence-corrected chi connectivity index (χ1v) is 7.41. The molecule has 0 radical (unpaired) electrons. The molecule has 0 spiro atoms. The highest BCUT2D eigenvalue weighted by molar-refractivity contribution is 5.89. The number of carbonyl (C=O) groups is 2. The Hall–Kier alpha value is -2.67. The smallest absolute Gasteiger partial charge is 0.249 e. The highest BCUT2D eigenvalue weighted by Crippen LogP contribution is 2.14. The molecule has 1 aliphatic rings. The lowest BCUT2D eigenvalue weighted by atomic mass is 10.1. The maximum Gasteiger partial charge on any atom is 0.249 e. The van der Waals surface area contributed by atoms with Gasteiger partial charge in [0.1, 0.15) is 12.6 Å². The monoisotopic (exact) mass is 314 g/mol. The van der Waals surface area contributed by atoms with E-state index in [2.05, 4.69) is 15.5 Å². The van der Waals surface area contributed by atoms with Gasteiger partial charge in [0, 0.05) is 12.7 Å². The molecule has 2 N–H and O–H groups in total. The van der Waals surface area contributed by atoms with Crippen molar-refractivity contribution in [1.29, 1.82) is 0 Å². The zero-order valence-electron chi connectivity index (χ0n) is 12.6. The summed E-state index contributed by atoms with van der Waals surface area (Å²) in [6.07, 6.45) is 1.62. The van der Waals surface area contributed by atoms with Gasteiger partial charge in [-0.1, -0.05) is 30.3 Å². The van der Waals surface area contributed by atoms with Crippen molar-refractivity contribution in [2.45, 2.75) is 19.1 Å². The third-order valence-electron chi connectivity index (χ3n) is 3.71. The van der Waals surface area contributed by atoms with Gasteiger partial charge in [-0.05, 0) is 11.6 Å². The maximum absolute atomic E-state index is 12.4. The van der Waals surface area contributed by atoms with Gasteiger partial charge in [-0.15, -0.1) is 0 Å². The molecule has 0 unspecified atom stereocenters. The van der Waals surface area contributed by atoms with Crippen molar-refractivity contribution >= 4 is 11.8 Å². The van der Waals surface area contributed by atoms with Crippen LogP contribution in [0, 0.1) is 0 Å². The van der Waals surface area contributed by atoms with E-state index in [1.165, 1.54) is 0 Å². The number of morpholine rings is 1. The van der Waals surface area contributed by atoms with Gasteiger partial charge >= 0.3 is 0 Å². The molecule has 0 bridgehead atoms. The predicted octanol–water partition coefficient (Wildman–Crippen LogP) is 0.453. The largest absolute Gasteiger partial charge is 0.369 e. The Morgan fingerprint density at radius 1 is 1.35 bits per heavy atom. The molecule has 1 atom stereocenters. The van der Waals surface area contributed by atoms with E-state index in [4.69, 9.17) is 4.74 Å². The lowest BCUT2D eigenvalue weighted by Crippen LogP contribution is -2.55. The molecule has 3 rings (SSSR count). The lowest BCUT2D eigenvalue weighted by molar-refractivity contribution is -0.155. The summed E-state index contributed by atoms with van der Waals surface area (Å²) in [5.74, 6) is -0.412. The van der Waals surface area contributed by atoms with Gasteiger partial charge in [-0.2, -0.15) is 5.10 Å². The van der Waals surface area contributed by atoms with Crippen LogP contribution in [0.4, 0.5) is 0 Å². The number of benzene rings is 1. The van der Waals surface area contributed by atoms with Gasteiger partial charge < -0.3 is 15.0 Å². The molecule has 0 aliphatic carbocycles. The van der Waals surface area contributed by atoms with Crippen LogP contribution in [-0.4, -0.2) is 46.2 Å². The number of ether oxygens (including phenoxy) is 1. The fourth-order valence-corrected chi connectivity index (χ4v) is 2.48. The van der Waals surface area contributed by atoms with Crippen molar-refractivity contribution in [3.05, 3.63) is 53.9 Å². The Balaban J connectivity index is 1.67. The molecule has 23 heavy (non-hydrogen) atoms. The number of hydrogen-bond donors (Lipinski definition) is 2. The van der Waals surface area contributed by atoms with Crippen molar-refractivity contribution < 1.29 is 14.3 Å². The average Bonchev–Trinajstić information content (AvgIpc) is 3.09. The van der Waals surface area contributed by atoms with E-state index in [9.17, 15) is 9.59 Å². The summed E-state index contributed by atoms with van der Waals surface area (Å²) >= 11 is 0. The van der Waals surface area contributed by atoms with Crippen LogP contribution in [0.5, 0.6) is 0 Å². The highest BCUT2D eigenvalue weighted by Gasteiger charge is 2.33. The fourth-order valence-electron chi connectivity index (χ4n) is 2.48. The van der Waals surface area contributed by atoms with Crippen LogP contribution in [0.1, 0.15) is 11.3 Å². The van der Waals surface area contributed by atoms with Gasteiger partial charge in [0.05, 0.1) is 18.8 Å². The first-order chi connectivity index (χ1) is 11.2. The minimum absolute atomic E-state index is 0.0111. The van der Waals surface area contributed by atoms with Crippen LogP contribution in [0.3, 0.4) is 0 Å². The SMILES string of the molecule is O=C(NCc1ccn[nH]1)[C@H]1COCC(=O)N1Cc1ccccc1. The summed E-state index contributed by atoms with van der Waals surface area (Å²) in [5, 5.41) is 9.42. The number of nitrogens with zero attached hydrogens (tertiary/aromatic N) is 2. The van der Waals surface area contributed by atoms with Crippen LogP contribution >= 0.6 is 0 Å². The van der Waals surface area contributed by atoms with Gasteiger partial charge in [0.15, 0.2) is 0 Å². The van der Waals surface area contributed by atoms with Crippen LogP contribution in [-0.2, 0) is 27.4 Å². The third-order valence-corrected chi connectivity index (χ3v) is 3.71. The van der Waals surface area contributed by atoms with E-state index in [-0.39, 0.29) is 25.0 Å². The molecule has 2 heterocycles. The van der Waals surface area contributed by atoms with E-state index >= 15 is 0 Å². The summed E-state index contributed by atoms with van der Waals surface area (Å²) in [4.78, 5) is 26.1. The van der Waals surface area contributed by atoms with Gasteiger partial charge in [0.2, 0.25) is 11.8 Å². The zero-order chi connectivity index (χ0) is 16.1. The van der Waals surface area contributed by atoms with Crippen molar-refractivity contribution in [3.63, 3.8) is 0 Å². The summed E-state index contributed by atoms with van der Waals surface area (Å²) in [5.41, 5.74) is 1.78. The van der Waals surface area contributed by atoms with Crippen molar-refractivity contribution in [2.75, 3.05) is 13.2 Å². The van der Waals surface area contributed by atoms with Crippen LogP contribution in [0.2, 0.25) is 0 Å². The van der Waals surface area contributed by atoms with E-state index in [0.29, 0.717) is 13.1 Å². The number of amides is 2. The molecule has 1 aliphatic heterocycles. The lowest BCUT2D eigenvalue weighted by Gasteiger charge is -2.34. The molecule has 2 aromatic rings. The second-order valence-electron chi connectivity index (χ2n) is 5.34. The second-order valence-corrected chi connectivity index (χ2v) is 5.34. The van der Waals surface area contributed by atoms with E-state index in [0.717, 1.165) is 11.3 Å². The maximum atomic E-state index is 12.4. The second kappa shape index (κ2) is 7.06. The minimum atomic E-state index is -0.626. The number of rotatable bonds is 5. The summed E-state index contributed by atoms with van der Waals surface area (Å²) < 4.78 is 5.25. The quantitative estimate of drug-likeness (QED) is 0.839. The molecule has 120 valence electrons. The first-order valence-electron chi connectivity index (χ1n) is 7.41. The van der Waals surface area contributed by atoms with E-state index in [1.54, 1.807) is 17.2 Å². The number of hydrogen-bond acceptors (Lipinski definition) is 4. The normalized spacial score (nSPS) is 18.0. The number of aromatic nitrogens is 2. The molecule has 0 saturated carbocycles. The number of H-pyrrole nitrogens is 1. The van der Waals surface area contributed by atoms with E-state index < -0.39 is 6.04 Å². The third kappa shape index (κ3) is 3.75. The van der Waals surface area contributed by atoms with Crippen molar-refractivity contribution in [3.8, 4) is 0 Å². The van der Waals surface area contributed by atoms with Crippen LogP contribution in [0.15, 0.2) is 42.6 Å². The zero-order valence-corrected chi connectivity index (χ0v) is 12.6. The number of nitrogens with one attached hydrogen (secondary N) is 2.